The molecule has 0 spiro atoms. The van der Waals surface area contributed by atoms with Crippen LogP contribution in [0.1, 0.15) is 5.56 Å². The molecule has 3 aromatic heterocycles. The van der Waals surface area contributed by atoms with Crippen LogP contribution >= 0.6 is 0 Å². The standard InChI is InChI=1S/C20H16N6O4S/c27-20-24-16-7-5-13(9-18(16)30-20)23-19-21-11-14-6-8-17(26(14)25-19)15-4-2-1-3-12(15)10-22-31(28)29/h1-9,11,31H,10H2,(H,23,25)(H,24,27)(H,22,28,29). The van der Waals surface area contributed by atoms with E-state index in [1.807, 2.05) is 36.4 Å². The van der Waals surface area contributed by atoms with Crippen molar-refractivity contribution in [1.82, 2.24) is 24.3 Å². The fourth-order valence-electron chi connectivity index (χ4n) is 3.39. The van der Waals surface area contributed by atoms with Crippen molar-refractivity contribution in [2.24, 2.45) is 0 Å². The second-order valence-electron chi connectivity index (χ2n) is 6.74. The van der Waals surface area contributed by atoms with Crippen LogP contribution in [0.5, 0.6) is 0 Å². The van der Waals surface area contributed by atoms with Crippen molar-refractivity contribution in [2.45, 2.75) is 6.54 Å². The van der Waals surface area contributed by atoms with E-state index in [0.717, 1.165) is 22.3 Å². The molecule has 0 aliphatic heterocycles. The van der Waals surface area contributed by atoms with Crippen LogP contribution in [0, 0.1) is 0 Å². The molecule has 0 saturated carbocycles. The van der Waals surface area contributed by atoms with Gasteiger partial charge in [-0.2, -0.15) is 0 Å². The maximum absolute atomic E-state index is 11.4. The van der Waals surface area contributed by atoms with Crippen LogP contribution < -0.4 is 15.8 Å². The number of aromatic amines is 1. The summed E-state index contributed by atoms with van der Waals surface area (Å²) in [6, 6.07) is 16.5. The minimum absolute atomic E-state index is 0.181. The molecule has 0 atom stereocenters. The lowest BCUT2D eigenvalue weighted by atomic mass is 10.1. The Morgan fingerprint density at radius 3 is 2.84 bits per heavy atom. The van der Waals surface area contributed by atoms with E-state index >= 15 is 0 Å². The van der Waals surface area contributed by atoms with E-state index in [4.69, 9.17) is 4.42 Å². The van der Waals surface area contributed by atoms with E-state index in [1.165, 1.54) is 0 Å². The molecule has 5 aromatic rings. The van der Waals surface area contributed by atoms with Crippen LogP contribution in [0.3, 0.4) is 0 Å². The number of hydrogen-bond donors (Lipinski definition) is 4. The van der Waals surface area contributed by atoms with Crippen molar-refractivity contribution in [1.29, 1.82) is 0 Å². The highest BCUT2D eigenvalue weighted by atomic mass is 32.2. The number of oxazole rings is 1. The van der Waals surface area contributed by atoms with Crippen LogP contribution in [0.15, 0.2) is 70.0 Å². The highest BCUT2D eigenvalue weighted by Gasteiger charge is 2.12. The zero-order chi connectivity index (χ0) is 21.4. The molecule has 10 nitrogen and oxygen atoms in total. The summed E-state index contributed by atoms with van der Waals surface area (Å²) in [5.74, 6) is -0.170. The number of aromatic nitrogens is 4. The quantitative estimate of drug-likeness (QED) is 0.300. The smallest absolute Gasteiger partial charge is 0.408 e. The first kappa shape index (κ1) is 19.0. The number of hydrogen-bond acceptors (Lipinski definition) is 7. The number of nitrogens with zero attached hydrogens (tertiary/aromatic N) is 3. The molecule has 31 heavy (non-hydrogen) atoms. The third kappa shape index (κ3) is 3.79. The Morgan fingerprint density at radius 2 is 1.97 bits per heavy atom. The van der Waals surface area contributed by atoms with Gasteiger partial charge < -0.3 is 9.73 Å². The monoisotopic (exact) mass is 436 g/mol. The van der Waals surface area contributed by atoms with Crippen LogP contribution in [0.4, 0.5) is 11.6 Å². The van der Waals surface area contributed by atoms with Gasteiger partial charge in [-0.1, -0.05) is 24.3 Å². The largest absolute Gasteiger partial charge is 0.417 e. The van der Waals surface area contributed by atoms with Gasteiger partial charge in [0.1, 0.15) is 0 Å². The molecule has 3 N–H and O–H groups in total. The first-order valence-corrected chi connectivity index (χ1v) is 10.5. The van der Waals surface area contributed by atoms with Gasteiger partial charge >= 0.3 is 5.76 Å². The minimum atomic E-state index is -2.70. The molecule has 0 amide bonds. The zero-order valence-corrected chi connectivity index (χ0v) is 16.8. The number of H-pyrrole nitrogens is 1. The second-order valence-corrected chi connectivity index (χ2v) is 7.57. The number of benzene rings is 2. The first-order chi connectivity index (χ1) is 15.1. The fourth-order valence-corrected chi connectivity index (χ4v) is 3.69. The molecule has 0 radical (unpaired) electrons. The van der Waals surface area contributed by atoms with Gasteiger partial charge in [-0.25, -0.2) is 27.4 Å². The maximum atomic E-state index is 11.4. The van der Waals surface area contributed by atoms with Gasteiger partial charge in [0.05, 0.1) is 22.9 Å². The molecule has 0 unspecified atom stereocenters. The molecule has 0 aliphatic rings. The topological polar surface area (TPSA) is 134 Å². The van der Waals surface area contributed by atoms with E-state index in [9.17, 15) is 13.2 Å². The van der Waals surface area contributed by atoms with E-state index in [1.54, 1.807) is 28.9 Å². The molecule has 11 heteroatoms. The molecular formula is C20H16N6O4S. The Kier molecular flexibility index (Phi) is 4.73. The van der Waals surface area contributed by atoms with Crippen molar-refractivity contribution >= 4 is 39.1 Å². The third-order valence-corrected chi connectivity index (χ3v) is 5.18. The van der Waals surface area contributed by atoms with Crippen molar-refractivity contribution < 1.29 is 12.8 Å². The summed E-state index contributed by atoms with van der Waals surface area (Å²) >= 11 is 0. The zero-order valence-electron chi connectivity index (χ0n) is 15.9. The molecular weight excluding hydrogens is 420 g/mol. The molecule has 3 heterocycles. The summed E-state index contributed by atoms with van der Waals surface area (Å²) < 4.78 is 31.2. The van der Waals surface area contributed by atoms with Crippen molar-refractivity contribution in [3.63, 3.8) is 0 Å². The van der Waals surface area contributed by atoms with E-state index in [-0.39, 0.29) is 6.54 Å². The van der Waals surface area contributed by atoms with Crippen LogP contribution in [-0.2, 0) is 17.4 Å². The molecule has 0 fully saturated rings. The van der Waals surface area contributed by atoms with Crippen LogP contribution in [0.25, 0.3) is 27.9 Å². The van der Waals surface area contributed by atoms with E-state index < -0.39 is 16.6 Å². The summed E-state index contributed by atoms with van der Waals surface area (Å²) in [7, 11) is -2.70. The predicted molar refractivity (Wildman–Crippen MR) is 116 cm³/mol. The maximum Gasteiger partial charge on any atom is 0.417 e. The van der Waals surface area contributed by atoms with Crippen LogP contribution in [-0.4, -0.2) is 28.0 Å². The second kappa shape index (κ2) is 7.70. The Labute approximate surface area is 176 Å². The average Bonchev–Trinajstić information content (AvgIpc) is 3.34. The first-order valence-electron chi connectivity index (χ1n) is 9.28. The van der Waals surface area contributed by atoms with E-state index in [0.29, 0.717) is 22.7 Å². The molecule has 0 saturated heterocycles. The van der Waals surface area contributed by atoms with Crippen molar-refractivity contribution in [2.75, 3.05) is 5.32 Å². The molecule has 0 bridgehead atoms. The summed E-state index contributed by atoms with van der Waals surface area (Å²) in [6.45, 7) is 0.181. The SMILES string of the molecule is O=c1[nH]c2ccc(Nc3ncc4ccc(-c5ccccc5CN[SH](=O)=O)n4n3)cc2o1. The van der Waals surface area contributed by atoms with Gasteiger partial charge in [0.2, 0.25) is 16.8 Å². The van der Waals surface area contributed by atoms with Gasteiger partial charge in [-0.15, -0.1) is 5.10 Å². The number of anilines is 2. The summed E-state index contributed by atoms with van der Waals surface area (Å²) in [5.41, 5.74) is 4.94. The normalized spacial score (nSPS) is 11.5. The lowest BCUT2D eigenvalue weighted by molar-refractivity contribution is 0.555. The van der Waals surface area contributed by atoms with Crippen molar-refractivity contribution in [3.8, 4) is 11.3 Å². The van der Waals surface area contributed by atoms with Gasteiger partial charge in [0.15, 0.2) is 5.58 Å². The fraction of sp³-hybridized carbons (Fsp3) is 0.0500. The highest BCUT2D eigenvalue weighted by molar-refractivity contribution is 7.70. The Bertz CT molecular complexity index is 1540. The van der Waals surface area contributed by atoms with Gasteiger partial charge in [-0.3, -0.25) is 4.98 Å². The molecule has 0 aliphatic carbocycles. The summed E-state index contributed by atoms with van der Waals surface area (Å²) in [6.07, 6.45) is 1.68. The number of nitrogens with one attached hydrogen (secondary N) is 3. The lowest BCUT2D eigenvalue weighted by Crippen LogP contribution is -2.11. The number of fused-ring (bicyclic) bond motifs is 2. The molecule has 2 aromatic carbocycles. The average molecular weight is 436 g/mol. The highest BCUT2D eigenvalue weighted by Crippen LogP contribution is 2.26. The van der Waals surface area contributed by atoms with Gasteiger partial charge in [-0.05, 0) is 29.8 Å². The molecule has 156 valence electrons. The van der Waals surface area contributed by atoms with E-state index in [2.05, 4.69) is 25.1 Å². The van der Waals surface area contributed by atoms with Gasteiger partial charge in [0, 0.05) is 23.9 Å². The Balaban J connectivity index is 1.52. The third-order valence-electron chi connectivity index (χ3n) is 4.77. The van der Waals surface area contributed by atoms with Crippen molar-refractivity contribution in [3.05, 3.63) is 76.9 Å². The molecule has 5 rings (SSSR count). The van der Waals surface area contributed by atoms with Crippen LogP contribution in [0.2, 0.25) is 0 Å². The number of rotatable bonds is 6. The summed E-state index contributed by atoms with van der Waals surface area (Å²) in [5, 5.41) is 7.69. The minimum Gasteiger partial charge on any atom is -0.408 e. The van der Waals surface area contributed by atoms with Gasteiger partial charge in [0.25, 0.3) is 0 Å². The predicted octanol–water partition coefficient (Wildman–Crippen LogP) is 2.19. The lowest BCUT2D eigenvalue weighted by Gasteiger charge is -2.10. The Hall–Kier alpha value is -3.96. The Morgan fingerprint density at radius 1 is 1.10 bits per heavy atom. The number of thiol groups is 1. The summed E-state index contributed by atoms with van der Waals surface area (Å²) in [4.78, 5) is 18.3.